The van der Waals surface area contributed by atoms with Gasteiger partial charge in [-0.1, -0.05) is 26.0 Å². The van der Waals surface area contributed by atoms with Crippen molar-refractivity contribution < 1.29 is 5.11 Å². The van der Waals surface area contributed by atoms with Crippen molar-refractivity contribution in [1.29, 1.82) is 0 Å². The summed E-state index contributed by atoms with van der Waals surface area (Å²) in [6.45, 7) is 12.9. The Kier molecular flexibility index (Phi) is 12.6. The van der Waals surface area contributed by atoms with E-state index in [1.165, 1.54) is 24.1 Å². The third-order valence-electron chi connectivity index (χ3n) is 5.39. The molecule has 0 spiro atoms. The van der Waals surface area contributed by atoms with E-state index in [-0.39, 0.29) is 36.6 Å². The fourth-order valence-corrected chi connectivity index (χ4v) is 3.93. The van der Waals surface area contributed by atoms with Gasteiger partial charge in [0, 0.05) is 38.5 Å². The molecule has 1 aromatic carbocycles. The van der Waals surface area contributed by atoms with E-state index in [9.17, 15) is 5.11 Å². The minimum atomic E-state index is 0. The second-order valence-corrected chi connectivity index (χ2v) is 8.38. The van der Waals surface area contributed by atoms with Crippen LogP contribution in [0.1, 0.15) is 65.0 Å². The van der Waals surface area contributed by atoms with Crippen LogP contribution in [0.15, 0.2) is 29.3 Å². The van der Waals surface area contributed by atoms with Gasteiger partial charge in [0.2, 0.25) is 0 Å². The molecule has 0 aromatic heterocycles. The number of anilines is 1. The third-order valence-corrected chi connectivity index (χ3v) is 5.39. The van der Waals surface area contributed by atoms with Crippen LogP contribution in [0.5, 0.6) is 0 Å². The van der Waals surface area contributed by atoms with E-state index in [2.05, 4.69) is 67.5 Å². The first-order valence-electron chi connectivity index (χ1n) is 11.0. The lowest BCUT2D eigenvalue weighted by molar-refractivity contribution is 0.245. The van der Waals surface area contributed by atoms with Crippen LogP contribution in [0.25, 0.3) is 0 Å². The van der Waals surface area contributed by atoms with Crippen LogP contribution in [0, 0.1) is 11.8 Å². The number of aliphatic imine (C=N–C) groups is 1. The number of hydrogen-bond acceptors (Lipinski definition) is 3. The number of guanidine groups is 1. The molecular formula is C23H41IN4O. The highest BCUT2D eigenvalue weighted by molar-refractivity contribution is 14.0. The Morgan fingerprint density at radius 2 is 1.93 bits per heavy atom. The third kappa shape index (κ3) is 9.11. The summed E-state index contributed by atoms with van der Waals surface area (Å²) in [6.07, 6.45) is 4.49. The Hall–Kier alpha value is -1.02. The fourth-order valence-electron chi connectivity index (χ4n) is 3.93. The smallest absolute Gasteiger partial charge is 0.191 e. The standard InChI is InChI=1S/C23H40N4O.HI/c1-5-24-23(25-17-20(11-14-28)15-18(2)3)26-19(4)21-9-8-10-22(16-21)27-12-6-7-13-27;/h8-10,16,18-20,28H,5-7,11-15,17H2,1-4H3,(H2,24,25,26);1H. The lowest BCUT2D eigenvalue weighted by atomic mass is 9.94. The SMILES string of the molecule is CCNC(=NCC(CCO)CC(C)C)NC(C)c1cccc(N2CCCC2)c1.I. The van der Waals surface area contributed by atoms with Crippen molar-refractivity contribution >= 4 is 35.6 Å². The van der Waals surface area contributed by atoms with Crippen LogP contribution >= 0.6 is 24.0 Å². The maximum absolute atomic E-state index is 9.34. The lowest BCUT2D eigenvalue weighted by Gasteiger charge is -2.22. The lowest BCUT2D eigenvalue weighted by Crippen LogP contribution is -2.39. The average Bonchev–Trinajstić information content (AvgIpc) is 3.21. The highest BCUT2D eigenvalue weighted by atomic mass is 127. The average molecular weight is 517 g/mol. The van der Waals surface area contributed by atoms with Crippen molar-refractivity contribution in [2.75, 3.05) is 37.7 Å². The van der Waals surface area contributed by atoms with Crippen LogP contribution < -0.4 is 15.5 Å². The van der Waals surface area contributed by atoms with E-state index >= 15 is 0 Å². The van der Waals surface area contributed by atoms with E-state index in [4.69, 9.17) is 4.99 Å². The topological polar surface area (TPSA) is 59.9 Å². The summed E-state index contributed by atoms with van der Waals surface area (Å²) in [7, 11) is 0. The molecule has 2 unspecified atom stereocenters. The van der Waals surface area contributed by atoms with Gasteiger partial charge in [0.1, 0.15) is 0 Å². The molecule has 0 radical (unpaired) electrons. The molecule has 1 aliphatic rings. The molecule has 1 heterocycles. The summed E-state index contributed by atoms with van der Waals surface area (Å²) in [5.41, 5.74) is 2.61. The molecule has 2 rings (SSSR count). The Morgan fingerprint density at radius 1 is 1.21 bits per heavy atom. The van der Waals surface area contributed by atoms with Gasteiger partial charge >= 0.3 is 0 Å². The molecule has 0 saturated carbocycles. The number of nitrogens with one attached hydrogen (secondary N) is 2. The minimum Gasteiger partial charge on any atom is -0.396 e. The van der Waals surface area contributed by atoms with Gasteiger partial charge in [0.25, 0.3) is 0 Å². The quantitative estimate of drug-likeness (QED) is 0.242. The fraction of sp³-hybridized carbons (Fsp3) is 0.696. The molecule has 5 nitrogen and oxygen atoms in total. The van der Waals surface area contributed by atoms with Crippen LogP contribution in [0.4, 0.5) is 5.69 Å². The summed E-state index contributed by atoms with van der Waals surface area (Å²) < 4.78 is 0. The Morgan fingerprint density at radius 3 is 2.55 bits per heavy atom. The highest BCUT2D eigenvalue weighted by Gasteiger charge is 2.15. The molecule has 1 aliphatic heterocycles. The summed E-state index contributed by atoms with van der Waals surface area (Å²) in [5.74, 6) is 1.90. The highest BCUT2D eigenvalue weighted by Crippen LogP contribution is 2.24. The van der Waals surface area contributed by atoms with Gasteiger partial charge in [-0.2, -0.15) is 0 Å². The number of benzene rings is 1. The summed E-state index contributed by atoms with van der Waals surface area (Å²) in [4.78, 5) is 7.30. The van der Waals surface area contributed by atoms with Gasteiger partial charge in [-0.25, -0.2) is 0 Å². The van der Waals surface area contributed by atoms with E-state index < -0.39 is 0 Å². The molecule has 1 fully saturated rings. The zero-order valence-corrected chi connectivity index (χ0v) is 21.0. The van der Waals surface area contributed by atoms with Gasteiger partial charge in [0.15, 0.2) is 5.96 Å². The van der Waals surface area contributed by atoms with E-state index in [0.717, 1.165) is 45.0 Å². The molecule has 166 valence electrons. The van der Waals surface area contributed by atoms with Gasteiger partial charge < -0.3 is 20.6 Å². The zero-order chi connectivity index (χ0) is 20.4. The number of halogens is 1. The number of rotatable bonds is 10. The van der Waals surface area contributed by atoms with Crippen molar-refractivity contribution in [3.63, 3.8) is 0 Å². The first kappa shape index (κ1) is 26.0. The predicted molar refractivity (Wildman–Crippen MR) is 135 cm³/mol. The monoisotopic (exact) mass is 516 g/mol. The van der Waals surface area contributed by atoms with E-state index in [1.54, 1.807) is 0 Å². The number of aliphatic hydroxyl groups is 1. The summed E-state index contributed by atoms with van der Waals surface area (Å²) in [6, 6.07) is 9.05. The maximum Gasteiger partial charge on any atom is 0.191 e. The van der Waals surface area contributed by atoms with E-state index in [0.29, 0.717) is 11.8 Å². The van der Waals surface area contributed by atoms with E-state index in [1.807, 2.05) is 0 Å². The van der Waals surface area contributed by atoms with Gasteiger partial charge in [-0.3, -0.25) is 4.99 Å². The Labute approximate surface area is 194 Å². The maximum atomic E-state index is 9.34. The van der Waals surface area contributed by atoms with Gasteiger partial charge in [-0.05, 0) is 69.1 Å². The largest absolute Gasteiger partial charge is 0.396 e. The molecule has 29 heavy (non-hydrogen) atoms. The van der Waals surface area contributed by atoms with Crippen LogP contribution in [0.3, 0.4) is 0 Å². The second kappa shape index (κ2) is 14.1. The number of nitrogens with zero attached hydrogens (tertiary/aromatic N) is 2. The van der Waals surface area contributed by atoms with Crippen LogP contribution in [-0.4, -0.2) is 43.9 Å². The number of hydrogen-bond donors (Lipinski definition) is 3. The Bertz CT molecular complexity index is 602. The molecule has 6 heteroatoms. The first-order valence-corrected chi connectivity index (χ1v) is 11.0. The molecule has 0 bridgehead atoms. The molecule has 0 aliphatic carbocycles. The molecule has 3 N–H and O–H groups in total. The molecular weight excluding hydrogens is 475 g/mol. The molecule has 1 aromatic rings. The van der Waals surface area contributed by atoms with Crippen molar-refractivity contribution in [2.24, 2.45) is 16.8 Å². The van der Waals surface area contributed by atoms with Crippen LogP contribution in [0.2, 0.25) is 0 Å². The minimum absolute atomic E-state index is 0. The summed E-state index contributed by atoms with van der Waals surface area (Å²) >= 11 is 0. The van der Waals surface area contributed by atoms with Gasteiger partial charge in [-0.15, -0.1) is 24.0 Å². The predicted octanol–water partition coefficient (Wildman–Crippen LogP) is 4.57. The van der Waals surface area contributed by atoms with Gasteiger partial charge in [0.05, 0.1) is 6.04 Å². The molecule has 0 amide bonds. The van der Waals surface area contributed by atoms with Crippen molar-refractivity contribution in [3.8, 4) is 0 Å². The number of aliphatic hydroxyl groups excluding tert-OH is 1. The Balaban J connectivity index is 0.00000420. The molecule has 1 saturated heterocycles. The molecule has 2 atom stereocenters. The van der Waals surface area contributed by atoms with Crippen LogP contribution in [-0.2, 0) is 0 Å². The second-order valence-electron chi connectivity index (χ2n) is 8.38. The van der Waals surface area contributed by atoms with Crippen molar-refractivity contribution in [2.45, 2.75) is 59.4 Å². The van der Waals surface area contributed by atoms with Crippen molar-refractivity contribution in [3.05, 3.63) is 29.8 Å². The zero-order valence-electron chi connectivity index (χ0n) is 18.7. The van der Waals surface area contributed by atoms with Crippen molar-refractivity contribution in [1.82, 2.24) is 10.6 Å². The normalized spacial score (nSPS) is 16.5. The summed E-state index contributed by atoms with van der Waals surface area (Å²) in [5, 5.41) is 16.3. The first-order chi connectivity index (χ1) is 13.5.